The molecule has 2 fully saturated rings. The Balaban J connectivity index is 1.83. The van der Waals surface area contributed by atoms with Gasteiger partial charge in [0.15, 0.2) is 0 Å². The van der Waals surface area contributed by atoms with Crippen molar-refractivity contribution in [3.8, 4) is 0 Å². The van der Waals surface area contributed by atoms with E-state index in [1.165, 1.54) is 23.9 Å². The van der Waals surface area contributed by atoms with E-state index in [4.69, 9.17) is 0 Å². The molecule has 0 bridgehead atoms. The van der Waals surface area contributed by atoms with Crippen LogP contribution in [-0.4, -0.2) is 22.1 Å². The van der Waals surface area contributed by atoms with Crippen LogP contribution in [0.4, 0.5) is 4.39 Å². The maximum atomic E-state index is 13.2. The lowest BCUT2D eigenvalue weighted by atomic mass is 9.95. The van der Waals surface area contributed by atoms with Gasteiger partial charge in [-0.05, 0) is 30.5 Å². The van der Waals surface area contributed by atoms with Gasteiger partial charge in [0.2, 0.25) is 0 Å². The average molecular weight is 294 g/mol. The number of halogens is 1. The summed E-state index contributed by atoms with van der Waals surface area (Å²) >= 11 is 1.43. The van der Waals surface area contributed by atoms with Crippen LogP contribution in [0.3, 0.4) is 0 Å². The zero-order chi connectivity index (χ0) is 14.5. The SMILES string of the molecule is CCC12C(=O)CC(Sc3cccc(F)c3)C1C2C(=O)O. The Labute approximate surface area is 120 Å². The molecular weight excluding hydrogens is 279 g/mol. The fraction of sp³-hybridized carbons (Fsp3) is 0.467. The first-order valence-electron chi connectivity index (χ1n) is 6.69. The van der Waals surface area contributed by atoms with Gasteiger partial charge in [-0.15, -0.1) is 11.8 Å². The van der Waals surface area contributed by atoms with E-state index in [0.717, 1.165) is 4.90 Å². The van der Waals surface area contributed by atoms with Crippen LogP contribution >= 0.6 is 11.8 Å². The molecule has 0 aliphatic heterocycles. The van der Waals surface area contributed by atoms with Crippen molar-refractivity contribution >= 4 is 23.5 Å². The summed E-state index contributed by atoms with van der Waals surface area (Å²) in [7, 11) is 0. The molecule has 2 saturated carbocycles. The molecule has 0 saturated heterocycles. The second kappa shape index (κ2) is 4.58. The zero-order valence-corrected chi connectivity index (χ0v) is 11.8. The molecule has 3 nitrogen and oxygen atoms in total. The van der Waals surface area contributed by atoms with Crippen LogP contribution in [0.25, 0.3) is 0 Å². The summed E-state index contributed by atoms with van der Waals surface area (Å²) < 4.78 is 13.2. The number of hydrogen-bond acceptors (Lipinski definition) is 3. The number of rotatable bonds is 4. The molecule has 0 radical (unpaired) electrons. The van der Waals surface area contributed by atoms with E-state index in [9.17, 15) is 19.1 Å². The molecule has 1 aromatic rings. The number of hydrogen-bond donors (Lipinski definition) is 1. The normalized spacial score (nSPS) is 34.9. The highest BCUT2D eigenvalue weighted by molar-refractivity contribution is 8.00. The molecule has 20 heavy (non-hydrogen) atoms. The monoisotopic (exact) mass is 294 g/mol. The zero-order valence-electron chi connectivity index (χ0n) is 11.0. The Morgan fingerprint density at radius 2 is 2.30 bits per heavy atom. The van der Waals surface area contributed by atoms with Crippen molar-refractivity contribution in [1.29, 1.82) is 0 Å². The number of ketones is 1. The second-order valence-electron chi connectivity index (χ2n) is 5.48. The van der Waals surface area contributed by atoms with Gasteiger partial charge in [0, 0.05) is 22.0 Å². The lowest BCUT2D eigenvalue weighted by molar-refractivity contribution is -0.142. The molecule has 3 rings (SSSR count). The molecule has 0 spiro atoms. The van der Waals surface area contributed by atoms with Crippen LogP contribution in [0.5, 0.6) is 0 Å². The van der Waals surface area contributed by atoms with Crippen LogP contribution in [0.1, 0.15) is 19.8 Å². The summed E-state index contributed by atoms with van der Waals surface area (Å²) in [5, 5.41) is 9.23. The molecule has 2 aliphatic rings. The topological polar surface area (TPSA) is 54.4 Å². The summed E-state index contributed by atoms with van der Waals surface area (Å²) in [6.45, 7) is 1.88. The number of carboxylic acid groups (broad SMARTS) is 1. The second-order valence-corrected chi connectivity index (χ2v) is 6.79. The average Bonchev–Trinajstić information content (AvgIpc) is 3.01. The molecule has 4 unspecified atom stereocenters. The van der Waals surface area contributed by atoms with Gasteiger partial charge in [-0.1, -0.05) is 13.0 Å². The minimum absolute atomic E-state index is 0.0506. The van der Waals surface area contributed by atoms with E-state index in [1.807, 2.05) is 6.92 Å². The first-order chi connectivity index (χ1) is 9.50. The highest BCUT2D eigenvalue weighted by atomic mass is 32.2. The molecule has 106 valence electrons. The summed E-state index contributed by atoms with van der Waals surface area (Å²) in [4.78, 5) is 24.3. The fourth-order valence-corrected chi connectivity index (χ4v) is 5.20. The Morgan fingerprint density at radius 3 is 2.85 bits per heavy atom. The number of Topliss-reactive ketones (excluding diaryl/α,β-unsaturated/α-hetero) is 1. The summed E-state index contributed by atoms with van der Waals surface area (Å²) in [5.74, 6) is -1.79. The van der Waals surface area contributed by atoms with Crippen LogP contribution in [0, 0.1) is 23.1 Å². The van der Waals surface area contributed by atoms with Crippen molar-refractivity contribution in [2.45, 2.75) is 29.9 Å². The quantitative estimate of drug-likeness (QED) is 0.927. The van der Waals surface area contributed by atoms with Crippen molar-refractivity contribution in [1.82, 2.24) is 0 Å². The number of fused-ring (bicyclic) bond motifs is 1. The number of carbonyl (C=O) groups excluding carboxylic acids is 1. The maximum absolute atomic E-state index is 13.2. The van der Waals surface area contributed by atoms with Gasteiger partial charge in [0.05, 0.1) is 5.92 Å². The summed E-state index contributed by atoms with van der Waals surface area (Å²) in [5.41, 5.74) is -0.656. The first-order valence-corrected chi connectivity index (χ1v) is 7.57. The third kappa shape index (κ3) is 1.79. The Kier molecular flexibility index (Phi) is 3.12. The van der Waals surface area contributed by atoms with Crippen LogP contribution in [0.15, 0.2) is 29.2 Å². The number of carboxylic acids is 1. The Hall–Kier alpha value is -1.36. The number of aliphatic carboxylic acids is 1. The molecule has 5 heteroatoms. The first kappa shape index (κ1) is 13.6. The van der Waals surface area contributed by atoms with Gasteiger partial charge >= 0.3 is 5.97 Å². The van der Waals surface area contributed by atoms with E-state index in [1.54, 1.807) is 12.1 Å². The van der Waals surface area contributed by atoms with Crippen molar-refractivity contribution in [3.05, 3.63) is 30.1 Å². The van der Waals surface area contributed by atoms with Crippen molar-refractivity contribution in [2.24, 2.45) is 17.3 Å². The molecule has 0 heterocycles. The number of carbonyl (C=O) groups is 2. The van der Waals surface area contributed by atoms with E-state index in [2.05, 4.69) is 0 Å². The van der Waals surface area contributed by atoms with Gasteiger partial charge in [-0.3, -0.25) is 9.59 Å². The van der Waals surface area contributed by atoms with Crippen molar-refractivity contribution in [2.75, 3.05) is 0 Å². The molecule has 0 aromatic heterocycles. The minimum atomic E-state index is -0.880. The number of benzene rings is 1. The highest BCUT2D eigenvalue weighted by Gasteiger charge is 2.77. The third-order valence-corrected chi connectivity index (χ3v) is 5.93. The molecule has 2 aliphatic carbocycles. The number of thioether (sulfide) groups is 1. The highest BCUT2D eigenvalue weighted by Crippen LogP contribution is 2.70. The lowest BCUT2D eigenvalue weighted by Gasteiger charge is -2.12. The summed E-state index contributed by atoms with van der Waals surface area (Å²) in [6, 6.07) is 6.22. The van der Waals surface area contributed by atoms with Gasteiger partial charge < -0.3 is 5.11 Å². The van der Waals surface area contributed by atoms with E-state index >= 15 is 0 Å². The van der Waals surface area contributed by atoms with E-state index < -0.39 is 17.3 Å². The molecule has 0 amide bonds. The van der Waals surface area contributed by atoms with Gasteiger partial charge in [0.1, 0.15) is 11.6 Å². The van der Waals surface area contributed by atoms with Gasteiger partial charge in [0.25, 0.3) is 0 Å². The molecular formula is C15H15FO3S. The van der Waals surface area contributed by atoms with Crippen molar-refractivity contribution < 1.29 is 19.1 Å². The smallest absolute Gasteiger partial charge is 0.307 e. The molecule has 4 atom stereocenters. The van der Waals surface area contributed by atoms with Crippen molar-refractivity contribution in [3.63, 3.8) is 0 Å². The predicted molar refractivity (Wildman–Crippen MR) is 73.0 cm³/mol. The Bertz CT molecular complexity index is 588. The van der Waals surface area contributed by atoms with Crippen LogP contribution in [-0.2, 0) is 9.59 Å². The maximum Gasteiger partial charge on any atom is 0.307 e. The lowest BCUT2D eigenvalue weighted by Crippen LogP contribution is -2.20. The Morgan fingerprint density at radius 1 is 1.55 bits per heavy atom. The van der Waals surface area contributed by atoms with Gasteiger partial charge in [-0.2, -0.15) is 0 Å². The van der Waals surface area contributed by atoms with Crippen LogP contribution in [0.2, 0.25) is 0 Å². The van der Waals surface area contributed by atoms with E-state index in [-0.39, 0.29) is 22.8 Å². The molecule has 1 aromatic carbocycles. The largest absolute Gasteiger partial charge is 0.481 e. The fourth-order valence-electron chi connectivity index (χ4n) is 3.73. The summed E-state index contributed by atoms with van der Waals surface area (Å²) in [6.07, 6.45) is 0.969. The third-order valence-electron chi connectivity index (χ3n) is 4.64. The van der Waals surface area contributed by atoms with Crippen LogP contribution < -0.4 is 0 Å². The minimum Gasteiger partial charge on any atom is -0.481 e. The van der Waals surface area contributed by atoms with Gasteiger partial charge in [-0.25, -0.2) is 4.39 Å². The standard InChI is InChI=1S/C15H15FO3S/c1-2-15-11(17)7-10(12(15)13(15)14(18)19)20-9-5-3-4-8(16)6-9/h3-6,10,12-13H,2,7H2,1H3,(H,18,19). The predicted octanol–water partition coefficient (Wildman–Crippen LogP) is 2.99. The molecule has 1 N–H and O–H groups in total. The van der Waals surface area contributed by atoms with E-state index in [0.29, 0.717) is 12.8 Å².